The van der Waals surface area contributed by atoms with Crippen LogP contribution in [0, 0.1) is 0 Å². The van der Waals surface area contributed by atoms with Gasteiger partial charge in [0.15, 0.2) is 0 Å². The van der Waals surface area contributed by atoms with Crippen LogP contribution in [-0.2, 0) is 14.9 Å². The van der Waals surface area contributed by atoms with Crippen molar-refractivity contribution in [1.82, 2.24) is 0 Å². The van der Waals surface area contributed by atoms with E-state index in [1.54, 1.807) is 72.8 Å². The van der Waals surface area contributed by atoms with Crippen molar-refractivity contribution in [1.29, 1.82) is 0 Å². The molecular formula is C24H19BrO6S. The van der Waals surface area contributed by atoms with Gasteiger partial charge in [-0.05, 0) is 64.7 Å². The van der Waals surface area contributed by atoms with E-state index in [-0.39, 0.29) is 23.7 Å². The molecule has 164 valence electrons. The number of phenolic OH excluding ortho intramolecular Hbond substituents is 2. The van der Waals surface area contributed by atoms with Crippen LogP contribution in [0.3, 0.4) is 0 Å². The highest BCUT2D eigenvalue weighted by molar-refractivity contribution is 9.10. The minimum absolute atomic E-state index is 0.117. The van der Waals surface area contributed by atoms with E-state index in [0.29, 0.717) is 4.47 Å². The zero-order chi connectivity index (χ0) is 22.5. The predicted octanol–water partition coefficient (Wildman–Crippen LogP) is 4.72. The van der Waals surface area contributed by atoms with Crippen molar-refractivity contribution in [3.8, 4) is 17.2 Å². The van der Waals surface area contributed by atoms with Crippen molar-refractivity contribution in [2.45, 2.75) is 23.9 Å². The van der Waals surface area contributed by atoms with Gasteiger partial charge in [-0.2, -0.15) is 8.42 Å². The fourth-order valence-corrected chi connectivity index (χ4v) is 6.14. The van der Waals surface area contributed by atoms with Crippen LogP contribution in [0.25, 0.3) is 11.1 Å². The summed E-state index contributed by atoms with van der Waals surface area (Å²) in [4.78, 5) is 0. The molecule has 8 heteroatoms. The molecule has 0 amide bonds. The Morgan fingerprint density at radius 1 is 0.875 bits per heavy atom. The Morgan fingerprint density at radius 2 is 1.47 bits per heavy atom. The fourth-order valence-electron chi connectivity index (χ4n) is 4.35. The summed E-state index contributed by atoms with van der Waals surface area (Å²) in [5.41, 5.74) is 3.25. The number of halogens is 1. The zero-order valence-electron chi connectivity index (χ0n) is 16.7. The molecule has 1 saturated heterocycles. The lowest BCUT2D eigenvalue weighted by molar-refractivity contribution is 0.128. The average Bonchev–Trinajstić information content (AvgIpc) is 3.34. The number of rotatable bonds is 5. The molecule has 2 aliphatic rings. The molecule has 0 aliphatic carbocycles. The van der Waals surface area contributed by atoms with E-state index < -0.39 is 27.6 Å². The lowest BCUT2D eigenvalue weighted by Gasteiger charge is -2.24. The summed E-state index contributed by atoms with van der Waals surface area (Å²) in [5, 5.41) is 18.5. The average molecular weight is 515 g/mol. The number of hydrogen-bond acceptors (Lipinski definition) is 6. The number of fused-ring (bicyclic) bond motifs is 2. The van der Waals surface area contributed by atoms with Crippen LogP contribution < -0.4 is 4.18 Å². The molecule has 3 atom stereocenters. The standard InChI is InChI=1S/C24H19BrO6S/c25-16-2-1-3-19(12-16)31-32(28,29)21-13-20-22(14-4-8-17(26)9-5-14)23(24(21)30-20)15-6-10-18(27)11-7-15/h1-12,20-21,24,26-27H,13H2/t20-,21+,24+/m0/s1. The first-order valence-electron chi connectivity index (χ1n) is 9.99. The SMILES string of the molecule is O=S(=O)(Oc1cccc(Br)c1)[C@@H]1C[C@@H]2O[C@H]1C(c1ccc(O)cc1)=C2c1ccc(O)cc1. The fraction of sp³-hybridized carbons (Fsp3) is 0.167. The number of ether oxygens (including phenoxy) is 1. The van der Waals surface area contributed by atoms with E-state index in [4.69, 9.17) is 8.92 Å². The summed E-state index contributed by atoms with van der Waals surface area (Å²) in [7, 11) is -3.99. The molecule has 32 heavy (non-hydrogen) atoms. The van der Waals surface area contributed by atoms with Crippen molar-refractivity contribution in [3.63, 3.8) is 0 Å². The Hall–Kier alpha value is -2.81. The van der Waals surface area contributed by atoms with Crippen molar-refractivity contribution in [2.24, 2.45) is 0 Å². The maximum atomic E-state index is 13.2. The van der Waals surface area contributed by atoms with E-state index >= 15 is 0 Å². The van der Waals surface area contributed by atoms with Crippen molar-refractivity contribution in [3.05, 3.63) is 88.4 Å². The quantitative estimate of drug-likeness (QED) is 0.478. The Labute approximate surface area is 194 Å². The second-order valence-corrected chi connectivity index (χ2v) is 10.4. The van der Waals surface area contributed by atoms with E-state index in [2.05, 4.69) is 15.9 Å². The van der Waals surface area contributed by atoms with Gasteiger partial charge in [0.05, 0.1) is 6.10 Å². The first kappa shape index (κ1) is 21.1. The molecule has 3 aromatic carbocycles. The number of hydrogen-bond donors (Lipinski definition) is 2. The van der Waals surface area contributed by atoms with Crippen LogP contribution in [-0.4, -0.2) is 36.1 Å². The molecule has 0 unspecified atom stereocenters. The smallest absolute Gasteiger partial charge is 0.315 e. The minimum Gasteiger partial charge on any atom is -0.508 e. The molecule has 1 fully saturated rings. The first-order valence-corrected chi connectivity index (χ1v) is 12.3. The van der Waals surface area contributed by atoms with Gasteiger partial charge in [0.25, 0.3) is 0 Å². The van der Waals surface area contributed by atoms with Crippen LogP contribution in [0.5, 0.6) is 17.2 Å². The van der Waals surface area contributed by atoms with Gasteiger partial charge < -0.3 is 19.1 Å². The van der Waals surface area contributed by atoms with Gasteiger partial charge in [0.1, 0.15) is 28.6 Å². The normalized spacial score (nSPS) is 22.3. The third-order valence-corrected chi connectivity index (χ3v) is 7.83. The van der Waals surface area contributed by atoms with Gasteiger partial charge in [-0.15, -0.1) is 0 Å². The van der Waals surface area contributed by atoms with Gasteiger partial charge in [0, 0.05) is 10.9 Å². The highest BCUT2D eigenvalue weighted by atomic mass is 79.9. The molecule has 0 radical (unpaired) electrons. The lowest BCUT2D eigenvalue weighted by atomic mass is 9.83. The molecule has 2 aliphatic heterocycles. The highest BCUT2D eigenvalue weighted by Gasteiger charge is 2.53. The van der Waals surface area contributed by atoms with E-state index in [0.717, 1.165) is 22.3 Å². The highest BCUT2D eigenvalue weighted by Crippen LogP contribution is 2.51. The van der Waals surface area contributed by atoms with Crippen LogP contribution in [0.1, 0.15) is 17.5 Å². The summed E-state index contributed by atoms with van der Waals surface area (Å²) in [6.07, 6.45) is -0.886. The van der Waals surface area contributed by atoms with E-state index in [1.165, 1.54) is 0 Å². The third-order valence-electron chi connectivity index (χ3n) is 5.73. The Morgan fingerprint density at radius 3 is 2.06 bits per heavy atom. The number of phenols is 2. The van der Waals surface area contributed by atoms with Crippen LogP contribution in [0.4, 0.5) is 0 Å². The summed E-state index contributed by atoms with van der Waals surface area (Å²) in [6, 6.07) is 20.1. The summed E-state index contributed by atoms with van der Waals surface area (Å²) >= 11 is 3.33. The summed E-state index contributed by atoms with van der Waals surface area (Å²) in [5.74, 6) is 0.496. The van der Waals surface area contributed by atoms with Gasteiger partial charge >= 0.3 is 10.1 Å². The van der Waals surface area contributed by atoms with E-state index in [9.17, 15) is 18.6 Å². The largest absolute Gasteiger partial charge is 0.508 e. The van der Waals surface area contributed by atoms with Crippen molar-refractivity contribution >= 4 is 37.2 Å². The molecule has 5 rings (SSSR count). The summed E-state index contributed by atoms with van der Waals surface area (Å²) in [6.45, 7) is 0. The topological polar surface area (TPSA) is 93.1 Å². The Balaban J connectivity index is 1.56. The van der Waals surface area contributed by atoms with Crippen LogP contribution >= 0.6 is 15.9 Å². The molecular weight excluding hydrogens is 496 g/mol. The third kappa shape index (κ3) is 3.79. The Kier molecular flexibility index (Phi) is 5.23. The van der Waals surface area contributed by atoms with Gasteiger partial charge in [-0.3, -0.25) is 0 Å². The monoisotopic (exact) mass is 514 g/mol. The molecule has 2 N–H and O–H groups in total. The van der Waals surface area contributed by atoms with Gasteiger partial charge in [0.2, 0.25) is 0 Å². The van der Waals surface area contributed by atoms with Crippen molar-refractivity contribution in [2.75, 3.05) is 0 Å². The first-order chi connectivity index (χ1) is 15.3. The summed E-state index contributed by atoms with van der Waals surface area (Å²) < 4.78 is 38.7. The maximum absolute atomic E-state index is 13.2. The van der Waals surface area contributed by atoms with Gasteiger partial charge in [-0.1, -0.05) is 46.3 Å². The number of benzene rings is 3. The minimum atomic E-state index is -3.99. The molecule has 2 bridgehead atoms. The zero-order valence-corrected chi connectivity index (χ0v) is 19.1. The number of aromatic hydroxyl groups is 2. The molecule has 0 spiro atoms. The van der Waals surface area contributed by atoms with E-state index in [1.807, 2.05) is 0 Å². The molecule has 3 aromatic rings. The van der Waals surface area contributed by atoms with Crippen LogP contribution in [0.2, 0.25) is 0 Å². The molecule has 0 saturated carbocycles. The van der Waals surface area contributed by atoms with Gasteiger partial charge in [-0.25, -0.2) is 0 Å². The molecule has 0 aromatic heterocycles. The second kappa shape index (κ2) is 7.95. The molecule has 6 nitrogen and oxygen atoms in total. The molecule has 2 heterocycles. The lowest BCUT2D eigenvalue weighted by Crippen LogP contribution is -2.35. The maximum Gasteiger partial charge on any atom is 0.315 e. The second-order valence-electron chi connectivity index (χ2n) is 7.77. The van der Waals surface area contributed by atoms with Crippen molar-refractivity contribution < 1.29 is 27.6 Å². The van der Waals surface area contributed by atoms with Crippen LogP contribution in [0.15, 0.2) is 77.3 Å². The predicted molar refractivity (Wildman–Crippen MR) is 124 cm³/mol. The Bertz CT molecular complexity index is 1300.